The molecule has 0 spiro atoms. The molecule has 0 unspecified atom stereocenters. The van der Waals surface area contributed by atoms with Crippen molar-refractivity contribution < 1.29 is 18.3 Å². The van der Waals surface area contributed by atoms with Crippen LogP contribution in [0.15, 0.2) is 22.5 Å². The number of aromatic nitrogens is 1. The highest BCUT2D eigenvalue weighted by atomic mass is 32.2. The molecule has 108 valence electrons. The van der Waals surface area contributed by atoms with Crippen molar-refractivity contribution in [3.8, 4) is 0 Å². The van der Waals surface area contributed by atoms with Crippen LogP contribution in [0.2, 0.25) is 0 Å². The maximum absolute atomic E-state index is 12.3. The quantitative estimate of drug-likeness (QED) is 0.905. The number of carbonyl (C=O) groups is 1. The number of carboxylic acids is 1. The predicted octanol–water partition coefficient (Wildman–Crippen LogP) is 2.03. The van der Waals surface area contributed by atoms with Crippen molar-refractivity contribution in [3.05, 3.63) is 33.1 Å². The highest BCUT2D eigenvalue weighted by molar-refractivity contribution is 7.91. The van der Waals surface area contributed by atoms with Gasteiger partial charge in [-0.3, -0.25) is 0 Å². The number of rotatable bonds is 5. The molecule has 2 rings (SSSR count). The molecule has 0 fully saturated rings. The SMILES string of the molecule is Cc1ncc(CN(C)S(=O)(=O)c2ccc(C(=O)O)s2)s1. The van der Waals surface area contributed by atoms with Gasteiger partial charge in [-0.15, -0.1) is 22.7 Å². The zero-order valence-corrected chi connectivity index (χ0v) is 13.2. The van der Waals surface area contributed by atoms with E-state index in [0.29, 0.717) is 0 Å². The summed E-state index contributed by atoms with van der Waals surface area (Å²) in [5, 5.41) is 9.71. The molecule has 2 aromatic rings. The third-order valence-electron chi connectivity index (χ3n) is 2.50. The van der Waals surface area contributed by atoms with E-state index in [-0.39, 0.29) is 15.6 Å². The van der Waals surface area contributed by atoms with Gasteiger partial charge in [0.05, 0.1) is 5.01 Å². The fourth-order valence-electron chi connectivity index (χ4n) is 1.51. The average molecular weight is 332 g/mol. The van der Waals surface area contributed by atoms with Gasteiger partial charge >= 0.3 is 5.97 Å². The van der Waals surface area contributed by atoms with Crippen LogP contribution in [0.3, 0.4) is 0 Å². The highest BCUT2D eigenvalue weighted by Gasteiger charge is 2.24. The maximum atomic E-state index is 12.3. The molecular formula is C11H12N2O4S3. The summed E-state index contributed by atoms with van der Waals surface area (Å²) in [5.41, 5.74) is 0. The highest BCUT2D eigenvalue weighted by Crippen LogP contribution is 2.26. The number of aryl methyl sites for hydroxylation is 1. The van der Waals surface area contributed by atoms with Crippen molar-refractivity contribution in [1.82, 2.24) is 9.29 Å². The van der Waals surface area contributed by atoms with Crippen LogP contribution in [0.1, 0.15) is 19.6 Å². The van der Waals surface area contributed by atoms with E-state index in [4.69, 9.17) is 5.11 Å². The zero-order valence-electron chi connectivity index (χ0n) is 10.7. The first-order valence-corrected chi connectivity index (χ1v) is 8.59. The van der Waals surface area contributed by atoms with Crippen LogP contribution in [0.5, 0.6) is 0 Å². The third-order valence-corrected chi connectivity index (χ3v) is 6.75. The Morgan fingerprint density at radius 2 is 2.10 bits per heavy atom. The summed E-state index contributed by atoms with van der Waals surface area (Å²) in [6.45, 7) is 2.06. The van der Waals surface area contributed by atoms with E-state index in [2.05, 4.69) is 4.98 Å². The monoisotopic (exact) mass is 332 g/mol. The van der Waals surface area contributed by atoms with Gasteiger partial charge in [0.2, 0.25) is 0 Å². The van der Waals surface area contributed by atoms with Crippen LogP contribution in [0.4, 0.5) is 0 Å². The maximum Gasteiger partial charge on any atom is 0.345 e. The third kappa shape index (κ3) is 3.06. The lowest BCUT2D eigenvalue weighted by atomic mass is 10.5. The van der Waals surface area contributed by atoms with Crippen LogP contribution in [-0.4, -0.2) is 35.8 Å². The molecule has 0 saturated heterocycles. The Balaban J connectivity index is 2.22. The van der Waals surface area contributed by atoms with Gasteiger partial charge in [0, 0.05) is 24.7 Å². The van der Waals surface area contributed by atoms with Gasteiger partial charge in [-0.25, -0.2) is 18.2 Å². The summed E-state index contributed by atoms with van der Waals surface area (Å²) in [6.07, 6.45) is 1.64. The lowest BCUT2D eigenvalue weighted by Gasteiger charge is -2.14. The number of hydrogen-bond acceptors (Lipinski definition) is 6. The number of aromatic carboxylic acids is 1. The van der Waals surface area contributed by atoms with E-state index in [9.17, 15) is 13.2 Å². The molecule has 6 nitrogen and oxygen atoms in total. The second kappa shape index (κ2) is 5.60. The van der Waals surface area contributed by atoms with Crippen molar-refractivity contribution in [2.75, 3.05) is 7.05 Å². The second-order valence-corrected chi connectivity index (χ2v) is 8.71. The van der Waals surface area contributed by atoms with E-state index in [1.165, 1.54) is 34.8 Å². The van der Waals surface area contributed by atoms with Gasteiger partial charge in [0.1, 0.15) is 9.09 Å². The minimum Gasteiger partial charge on any atom is -0.477 e. The predicted molar refractivity (Wildman–Crippen MR) is 76.8 cm³/mol. The summed E-state index contributed by atoms with van der Waals surface area (Å²) in [7, 11) is -2.21. The van der Waals surface area contributed by atoms with E-state index in [0.717, 1.165) is 21.2 Å². The molecule has 0 aliphatic carbocycles. The zero-order chi connectivity index (χ0) is 14.9. The second-order valence-electron chi connectivity index (χ2n) is 4.03. The van der Waals surface area contributed by atoms with Crippen molar-refractivity contribution >= 4 is 38.7 Å². The number of thiophene rings is 1. The molecule has 0 aliphatic rings. The number of carboxylic acid groups (broad SMARTS) is 1. The van der Waals surface area contributed by atoms with E-state index < -0.39 is 16.0 Å². The van der Waals surface area contributed by atoms with Gasteiger partial charge < -0.3 is 5.11 Å². The molecule has 2 heterocycles. The number of hydrogen-bond donors (Lipinski definition) is 1. The molecule has 2 aromatic heterocycles. The largest absolute Gasteiger partial charge is 0.477 e. The van der Waals surface area contributed by atoms with E-state index in [1.54, 1.807) is 6.20 Å². The molecule has 9 heteroatoms. The number of nitrogens with zero attached hydrogens (tertiary/aromatic N) is 2. The minimum absolute atomic E-state index is 0.00519. The fourth-order valence-corrected chi connectivity index (χ4v) is 4.95. The molecule has 0 bridgehead atoms. The molecule has 0 saturated carbocycles. The Bertz CT molecular complexity index is 732. The first kappa shape index (κ1) is 15.1. The molecule has 20 heavy (non-hydrogen) atoms. The van der Waals surface area contributed by atoms with Crippen molar-refractivity contribution in [1.29, 1.82) is 0 Å². The smallest absolute Gasteiger partial charge is 0.345 e. The minimum atomic E-state index is -3.67. The van der Waals surface area contributed by atoms with Gasteiger partial charge in [-0.1, -0.05) is 0 Å². The van der Waals surface area contributed by atoms with Crippen LogP contribution in [0, 0.1) is 6.92 Å². The Hall–Kier alpha value is -1.29. The van der Waals surface area contributed by atoms with Gasteiger partial charge in [-0.05, 0) is 19.1 Å². The Labute approximate surface area is 124 Å². The summed E-state index contributed by atoms with van der Waals surface area (Å²) in [5.74, 6) is -1.13. The molecule has 0 aromatic carbocycles. The van der Waals surface area contributed by atoms with Gasteiger partial charge in [-0.2, -0.15) is 4.31 Å². The molecule has 1 N–H and O–H groups in total. The Morgan fingerprint density at radius 1 is 1.40 bits per heavy atom. The normalized spacial score (nSPS) is 11.9. The summed E-state index contributed by atoms with van der Waals surface area (Å²) in [4.78, 5) is 15.7. The summed E-state index contributed by atoms with van der Waals surface area (Å²) >= 11 is 2.18. The van der Waals surface area contributed by atoms with Gasteiger partial charge in [0.25, 0.3) is 10.0 Å². The van der Waals surface area contributed by atoms with Crippen molar-refractivity contribution in [2.24, 2.45) is 0 Å². The van der Waals surface area contributed by atoms with Crippen LogP contribution in [-0.2, 0) is 16.6 Å². The lowest BCUT2D eigenvalue weighted by molar-refractivity contribution is 0.0702. The summed E-state index contributed by atoms with van der Waals surface area (Å²) in [6, 6.07) is 2.61. The fraction of sp³-hybridized carbons (Fsp3) is 0.273. The van der Waals surface area contributed by atoms with Crippen LogP contribution >= 0.6 is 22.7 Å². The molecule has 0 aliphatic heterocycles. The van der Waals surface area contributed by atoms with E-state index >= 15 is 0 Å². The first-order valence-electron chi connectivity index (χ1n) is 5.51. The lowest BCUT2D eigenvalue weighted by Crippen LogP contribution is -2.25. The van der Waals surface area contributed by atoms with Gasteiger partial charge in [0.15, 0.2) is 0 Å². The Kier molecular flexibility index (Phi) is 4.23. The topological polar surface area (TPSA) is 87.6 Å². The van der Waals surface area contributed by atoms with E-state index in [1.807, 2.05) is 6.92 Å². The molecule has 0 amide bonds. The number of sulfonamides is 1. The number of thiazole rings is 1. The summed E-state index contributed by atoms with van der Waals surface area (Å²) < 4.78 is 25.8. The van der Waals surface area contributed by atoms with Crippen molar-refractivity contribution in [2.45, 2.75) is 17.7 Å². The average Bonchev–Trinajstić information content (AvgIpc) is 2.98. The Morgan fingerprint density at radius 3 is 2.60 bits per heavy atom. The standard InChI is InChI=1S/C11H12N2O4S3/c1-7-12-5-8(18-7)6-13(2)20(16,17)10-4-3-9(19-10)11(14)15/h3-5H,6H2,1-2H3,(H,14,15). The van der Waals surface area contributed by atoms with Crippen molar-refractivity contribution in [3.63, 3.8) is 0 Å². The van der Waals surface area contributed by atoms with Crippen LogP contribution in [0.25, 0.3) is 0 Å². The van der Waals surface area contributed by atoms with Crippen LogP contribution < -0.4 is 0 Å². The first-order chi connectivity index (χ1) is 9.30. The molecular weight excluding hydrogens is 320 g/mol. The molecule has 0 radical (unpaired) electrons. The molecule has 0 atom stereocenters.